The molecule has 8 nitrogen and oxygen atoms in total. The number of pyridine rings is 2. The summed E-state index contributed by atoms with van der Waals surface area (Å²) < 4.78 is 51.0. The van der Waals surface area contributed by atoms with Gasteiger partial charge in [-0.1, -0.05) is 18.2 Å². The van der Waals surface area contributed by atoms with Gasteiger partial charge >= 0.3 is 6.18 Å². The smallest absolute Gasteiger partial charge is 0.433 e. The van der Waals surface area contributed by atoms with Gasteiger partial charge in [0.05, 0.1) is 18.7 Å². The largest absolute Gasteiger partial charge is 0.494 e. The first kappa shape index (κ1) is 25.2. The predicted molar refractivity (Wildman–Crippen MR) is 134 cm³/mol. The fourth-order valence-corrected chi connectivity index (χ4v) is 4.19. The normalized spacial score (nSPS) is 12.6. The first-order valence-corrected chi connectivity index (χ1v) is 11.6. The van der Waals surface area contributed by atoms with E-state index in [1.54, 1.807) is 19.2 Å². The van der Waals surface area contributed by atoms with Gasteiger partial charge in [0.25, 0.3) is 5.91 Å². The molecule has 0 saturated carbocycles. The zero-order valence-corrected chi connectivity index (χ0v) is 20.3. The molecule has 0 fully saturated rings. The lowest BCUT2D eigenvalue weighted by Crippen LogP contribution is -2.25. The van der Waals surface area contributed by atoms with Crippen LogP contribution in [-0.4, -0.2) is 28.0 Å². The highest BCUT2D eigenvalue weighted by Gasteiger charge is 2.33. The number of hydrogen-bond acceptors (Lipinski definition) is 7. The van der Waals surface area contributed by atoms with Crippen LogP contribution in [0.2, 0.25) is 0 Å². The number of carbonyl (C=O) groups excluding carboxylic acids is 1. The molecule has 3 N–H and O–H groups in total. The van der Waals surface area contributed by atoms with Crippen molar-refractivity contribution < 1.29 is 27.1 Å². The molecule has 1 amide bonds. The molecule has 0 aliphatic carbocycles. The van der Waals surface area contributed by atoms with E-state index in [-0.39, 0.29) is 35.2 Å². The fraction of sp³-hybridized carbons (Fsp3) is 0.185. The molecule has 0 radical (unpaired) electrons. The number of rotatable bonds is 6. The highest BCUT2D eigenvalue weighted by Crippen LogP contribution is 2.37. The van der Waals surface area contributed by atoms with Crippen molar-refractivity contribution in [2.24, 2.45) is 5.73 Å². The Hall–Kier alpha value is -4.51. The number of nitrogens with zero attached hydrogens (tertiary/aromatic N) is 3. The Morgan fingerprint density at radius 1 is 1.08 bits per heavy atom. The third-order valence-corrected chi connectivity index (χ3v) is 6.02. The second-order valence-corrected chi connectivity index (χ2v) is 8.60. The summed E-state index contributed by atoms with van der Waals surface area (Å²) >= 11 is 0. The maximum absolute atomic E-state index is 13.3. The second-order valence-electron chi connectivity index (χ2n) is 8.60. The lowest BCUT2D eigenvalue weighted by Gasteiger charge is -2.11. The third kappa shape index (κ3) is 4.63. The van der Waals surface area contributed by atoms with Crippen LogP contribution in [0.1, 0.15) is 40.5 Å². The van der Waals surface area contributed by atoms with E-state index in [2.05, 4.69) is 20.3 Å². The predicted octanol–water partition coefficient (Wildman–Crippen LogP) is 5.42. The minimum absolute atomic E-state index is 0.0165. The van der Waals surface area contributed by atoms with Crippen molar-refractivity contribution in [1.29, 1.82) is 0 Å². The van der Waals surface area contributed by atoms with Crippen LogP contribution in [0.5, 0.6) is 5.75 Å². The van der Waals surface area contributed by atoms with Gasteiger partial charge in [0.1, 0.15) is 17.0 Å². The van der Waals surface area contributed by atoms with Crippen LogP contribution in [-0.2, 0) is 12.7 Å². The molecule has 3 heterocycles. The molecule has 0 saturated heterocycles. The van der Waals surface area contributed by atoms with Crippen molar-refractivity contribution in [3.63, 3.8) is 0 Å². The van der Waals surface area contributed by atoms with Gasteiger partial charge in [0.15, 0.2) is 11.5 Å². The number of aromatic nitrogens is 3. The summed E-state index contributed by atoms with van der Waals surface area (Å²) in [4.78, 5) is 25.7. The molecule has 0 aliphatic heterocycles. The highest BCUT2D eigenvalue weighted by atomic mass is 19.4. The number of nitrogens with two attached hydrogens (primary N) is 1. The average Bonchev–Trinajstić information content (AvgIpc) is 3.36. The van der Waals surface area contributed by atoms with E-state index in [1.165, 1.54) is 19.2 Å². The molecule has 3 aromatic heterocycles. The van der Waals surface area contributed by atoms with Crippen molar-refractivity contribution in [3.8, 4) is 17.2 Å². The Morgan fingerprint density at radius 2 is 1.87 bits per heavy atom. The van der Waals surface area contributed by atoms with Gasteiger partial charge < -0.3 is 20.2 Å². The van der Waals surface area contributed by atoms with Crippen LogP contribution in [0.3, 0.4) is 0 Å². The van der Waals surface area contributed by atoms with E-state index in [0.717, 1.165) is 22.5 Å². The number of amides is 1. The van der Waals surface area contributed by atoms with Gasteiger partial charge in [-0.25, -0.2) is 9.97 Å². The second kappa shape index (κ2) is 9.75. The van der Waals surface area contributed by atoms with E-state index >= 15 is 0 Å². The summed E-state index contributed by atoms with van der Waals surface area (Å²) in [5, 5.41) is 4.06. The molecule has 1 atom stereocenters. The number of para-hydroxylation sites is 1. The molecule has 11 heteroatoms. The maximum Gasteiger partial charge on any atom is 0.433 e. The zero-order valence-electron chi connectivity index (χ0n) is 20.3. The number of carbonyl (C=O) groups is 1. The van der Waals surface area contributed by atoms with Gasteiger partial charge in [-0.3, -0.25) is 9.78 Å². The summed E-state index contributed by atoms with van der Waals surface area (Å²) in [6, 6.07) is 13.9. The lowest BCUT2D eigenvalue weighted by molar-refractivity contribution is -0.140. The Bertz CT molecular complexity index is 1660. The van der Waals surface area contributed by atoms with Gasteiger partial charge in [-0.2, -0.15) is 13.2 Å². The summed E-state index contributed by atoms with van der Waals surface area (Å²) in [6.45, 7) is 1.85. The van der Waals surface area contributed by atoms with E-state index in [9.17, 15) is 18.0 Å². The zero-order chi connectivity index (χ0) is 27.0. The van der Waals surface area contributed by atoms with Gasteiger partial charge in [-0.15, -0.1) is 0 Å². The molecule has 0 unspecified atom stereocenters. The molecular weight excluding hydrogens is 499 g/mol. The summed E-state index contributed by atoms with van der Waals surface area (Å²) in [7, 11) is 1.34. The number of benzene rings is 2. The van der Waals surface area contributed by atoms with Crippen molar-refractivity contribution in [3.05, 3.63) is 83.5 Å². The van der Waals surface area contributed by atoms with Crippen LogP contribution in [0.15, 0.2) is 65.2 Å². The maximum atomic E-state index is 13.3. The van der Waals surface area contributed by atoms with E-state index in [0.29, 0.717) is 10.9 Å². The molecule has 38 heavy (non-hydrogen) atoms. The number of fused-ring (bicyclic) bond motifs is 2. The number of halogens is 3. The summed E-state index contributed by atoms with van der Waals surface area (Å²) in [5.74, 6) is -0.202. The third-order valence-electron chi connectivity index (χ3n) is 6.02. The van der Waals surface area contributed by atoms with Crippen LogP contribution < -0.4 is 15.8 Å². The number of methoxy groups -OCH3 is 1. The van der Waals surface area contributed by atoms with Crippen molar-refractivity contribution in [1.82, 2.24) is 20.3 Å². The van der Waals surface area contributed by atoms with Crippen molar-refractivity contribution in [2.75, 3.05) is 7.11 Å². The van der Waals surface area contributed by atoms with Crippen LogP contribution >= 0.6 is 0 Å². The Morgan fingerprint density at radius 3 is 2.61 bits per heavy atom. The van der Waals surface area contributed by atoms with Crippen LogP contribution in [0, 0.1) is 0 Å². The molecule has 194 valence electrons. The van der Waals surface area contributed by atoms with E-state index < -0.39 is 23.8 Å². The minimum atomic E-state index is -4.63. The first-order chi connectivity index (χ1) is 18.2. The van der Waals surface area contributed by atoms with E-state index in [4.69, 9.17) is 14.9 Å². The number of oxazole rings is 1. The molecule has 0 aliphatic rings. The molecule has 5 rings (SSSR count). The first-order valence-electron chi connectivity index (χ1n) is 11.6. The monoisotopic (exact) mass is 521 g/mol. The quantitative estimate of drug-likeness (QED) is 0.307. The fourth-order valence-electron chi connectivity index (χ4n) is 4.19. The van der Waals surface area contributed by atoms with Crippen molar-refractivity contribution >= 4 is 27.7 Å². The standard InChI is InChI=1S/C27H22F3N5O3/c1-14(31)24-23(25(36)33-13-15-11-12-32-19-6-4-3-5-16(15)19)35-26(38-24)18-7-9-20(37-2)22-17(18)8-10-21(34-22)27(28,29)30/h3-12,14H,13,31H2,1-2H3,(H,33,36)/t14-/m0/s1. The Labute approximate surface area is 214 Å². The SMILES string of the molecule is COc1ccc(-c2nc(C(=O)NCc3ccnc4ccccc34)c([C@H](C)N)o2)c2ccc(C(F)(F)F)nc12. The van der Waals surface area contributed by atoms with Crippen LogP contribution in [0.25, 0.3) is 33.3 Å². The van der Waals surface area contributed by atoms with Crippen molar-refractivity contribution in [2.45, 2.75) is 25.7 Å². The van der Waals surface area contributed by atoms with Gasteiger partial charge in [0.2, 0.25) is 5.89 Å². The lowest BCUT2D eigenvalue weighted by atomic mass is 10.1. The molecule has 0 spiro atoms. The van der Waals surface area contributed by atoms with Gasteiger partial charge in [-0.05, 0) is 48.9 Å². The summed E-state index contributed by atoms with van der Waals surface area (Å²) in [5.41, 5.74) is 6.97. The Kier molecular flexibility index (Phi) is 6.45. The topological polar surface area (TPSA) is 116 Å². The number of hydrogen-bond donors (Lipinski definition) is 2. The number of ether oxygens (including phenoxy) is 1. The van der Waals surface area contributed by atoms with Crippen LogP contribution in [0.4, 0.5) is 13.2 Å². The molecular formula is C27H22F3N5O3. The average molecular weight is 521 g/mol. The molecule has 5 aromatic rings. The summed E-state index contributed by atoms with van der Waals surface area (Å²) in [6.07, 6.45) is -2.97. The highest BCUT2D eigenvalue weighted by molar-refractivity contribution is 5.98. The van der Waals surface area contributed by atoms with E-state index in [1.807, 2.05) is 30.3 Å². The Balaban J connectivity index is 1.52. The van der Waals surface area contributed by atoms with Gasteiger partial charge in [0, 0.05) is 29.1 Å². The number of nitrogens with one attached hydrogen (secondary N) is 1. The molecule has 2 aromatic carbocycles. The minimum Gasteiger partial charge on any atom is -0.494 e. The number of alkyl halides is 3. The molecule has 0 bridgehead atoms.